The second-order valence-corrected chi connectivity index (χ2v) is 6.58. The number of hydrogen-bond donors (Lipinski definition) is 1. The van der Waals surface area contributed by atoms with Crippen LogP contribution in [0.15, 0.2) is 33.3 Å². The van der Waals surface area contributed by atoms with Gasteiger partial charge in [-0.3, -0.25) is 0 Å². The van der Waals surface area contributed by atoms with Gasteiger partial charge in [-0.15, -0.1) is 0 Å². The van der Waals surface area contributed by atoms with Crippen molar-refractivity contribution in [3.05, 3.63) is 46.0 Å². The number of nitrogens with zero attached hydrogens (tertiary/aromatic N) is 2. The van der Waals surface area contributed by atoms with Crippen LogP contribution in [0.25, 0.3) is 0 Å². The number of rotatable bonds is 3. The van der Waals surface area contributed by atoms with Crippen molar-refractivity contribution in [3.63, 3.8) is 0 Å². The van der Waals surface area contributed by atoms with Crippen molar-refractivity contribution in [3.8, 4) is 0 Å². The lowest BCUT2D eigenvalue weighted by molar-refractivity contribution is 0.119. The highest BCUT2D eigenvalue weighted by Crippen LogP contribution is 2.31. The Bertz CT molecular complexity index is 582. The molecule has 4 nitrogen and oxygen atoms in total. The first-order chi connectivity index (χ1) is 10.2. The van der Waals surface area contributed by atoms with Crippen LogP contribution in [0, 0.1) is 0 Å². The zero-order valence-electron chi connectivity index (χ0n) is 11.8. The highest BCUT2D eigenvalue weighted by atomic mass is 79.9. The molecule has 0 saturated heterocycles. The molecule has 2 unspecified atom stereocenters. The van der Waals surface area contributed by atoms with Gasteiger partial charge in [0.15, 0.2) is 5.82 Å². The average Bonchev–Trinajstić information content (AvgIpc) is 2.82. The molecule has 1 aliphatic rings. The summed E-state index contributed by atoms with van der Waals surface area (Å²) in [4.78, 5) is 4.49. The molecular weight excluding hydrogens is 332 g/mol. The Balaban J connectivity index is 1.71. The molecule has 0 spiro atoms. The monoisotopic (exact) mass is 350 g/mol. The van der Waals surface area contributed by atoms with Gasteiger partial charge in [0.25, 0.3) is 0 Å². The maximum absolute atomic E-state index is 10.2. The molecule has 1 heterocycles. The zero-order chi connectivity index (χ0) is 14.7. The molecule has 1 fully saturated rings. The van der Waals surface area contributed by atoms with Gasteiger partial charge in [0.1, 0.15) is 0 Å². The molecule has 0 bridgehead atoms. The van der Waals surface area contributed by atoms with Crippen molar-refractivity contribution < 1.29 is 9.63 Å². The summed E-state index contributed by atoms with van der Waals surface area (Å²) in [5.74, 6) is 1.28. The second kappa shape index (κ2) is 6.71. The normalized spacial score (nSPS) is 23.0. The Morgan fingerprint density at radius 2 is 1.90 bits per heavy atom. The van der Waals surface area contributed by atoms with E-state index >= 15 is 0 Å². The molecule has 1 N–H and O–H groups in total. The summed E-state index contributed by atoms with van der Waals surface area (Å²) in [6.45, 7) is 0. The molecular formula is C16H19BrN2O2. The van der Waals surface area contributed by atoms with Crippen LogP contribution in [-0.2, 0) is 6.42 Å². The van der Waals surface area contributed by atoms with Crippen molar-refractivity contribution in [2.75, 3.05) is 0 Å². The number of aromatic nitrogens is 2. The Morgan fingerprint density at radius 1 is 1.14 bits per heavy atom. The van der Waals surface area contributed by atoms with E-state index in [1.165, 1.54) is 6.42 Å². The number of aliphatic hydroxyl groups excluding tert-OH is 1. The lowest BCUT2D eigenvalue weighted by Crippen LogP contribution is -2.17. The molecule has 1 saturated carbocycles. The van der Waals surface area contributed by atoms with Crippen LogP contribution in [0.1, 0.15) is 55.3 Å². The predicted octanol–water partition coefficient (Wildman–Crippen LogP) is 3.83. The maximum atomic E-state index is 10.2. The summed E-state index contributed by atoms with van der Waals surface area (Å²) in [5, 5.41) is 14.3. The number of benzene rings is 1. The number of halogens is 1. The smallest absolute Gasteiger partial charge is 0.232 e. The zero-order valence-corrected chi connectivity index (χ0v) is 13.4. The summed E-state index contributed by atoms with van der Waals surface area (Å²) in [6.07, 6.45) is 5.43. The average molecular weight is 351 g/mol. The minimum Gasteiger partial charge on any atom is -0.392 e. The van der Waals surface area contributed by atoms with Crippen molar-refractivity contribution in [1.29, 1.82) is 0 Å². The standard InChI is InChI=1S/C16H19BrN2O2/c17-12-8-6-11(7-9-12)10-15-18-16(21-19-15)13-4-2-1-3-5-14(13)20/h6-9,13-14,20H,1-5,10H2. The van der Waals surface area contributed by atoms with Crippen LogP contribution in [-0.4, -0.2) is 21.4 Å². The van der Waals surface area contributed by atoms with Crippen LogP contribution in [0.3, 0.4) is 0 Å². The summed E-state index contributed by atoms with van der Waals surface area (Å²) < 4.78 is 6.45. The van der Waals surface area contributed by atoms with Gasteiger partial charge in [-0.05, 0) is 30.5 Å². The van der Waals surface area contributed by atoms with E-state index in [4.69, 9.17) is 4.52 Å². The Kier molecular flexibility index (Phi) is 4.70. The summed E-state index contributed by atoms with van der Waals surface area (Å²) in [6, 6.07) is 8.10. The van der Waals surface area contributed by atoms with E-state index in [1.807, 2.05) is 24.3 Å². The van der Waals surface area contributed by atoms with Gasteiger partial charge in [0.2, 0.25) is 5.89 Å². The van der Waals surface area contributed by atoms with Gasteiger partial charge in [0, 0.05) is 10.9 Å². The SMILES string of the molecule is OC1CCCCCC1c1nc(Cc2ccc(Br)cc2)no1. The molecule has 0 aliphatic heterocycles. The van der Waals surface area contributed by atoms with Crippen LogP contribution >= 0.6 is 15.9 Å². The summed E-state index contributed by atoms with van der Waals surface area (Å²) >= 11 is 3.42. The highest BCUT2D eigenvalue weighted by Gasteiger charge is 2.28. The fourth-order valence-corrected chi connectivity index (χ4v) is 3.12. The van der Waals surface area contributed by atoms with Gasteiger partial charge >= 0.3 is 0 Å². The van der Waals surface area contributed by atoms with Crippen LogP contribution in [0.2, 0.25) is 0 Å². The molecule has 21 heavy (non-hydrogen) atoms. The van der Waals surface area contributed by atoms with Gasteiger partial charge in [-0.1, -0.05) is 52.5 Å². The third-order valence-electron chi connectivity index (χ3n) is 4.06. The maximum Gasteiger partial charge on any atom is 0.232 e. The second-order valence-electron chi connectivity index (χ2n) is 5.66. The number of aliphatic hydroxyl groups is 1. The first kappa shape index (κ1) is 14.7. The van der Waals surface area contributed by atoms with E-state index in [1.54, 1.807) is 0 Å². The lowest BCUT2D eigenvalue weighted by atomic mass is 9.97. The van der Waals surface area contributed by atoms with Gasteiger partial charge < -0.3 is 9.63 Å². The van der Waals surface area contributed by atoms with Crippen LogP contribution in [0.5, 0.6) is 0 Å². The molecule has 0 amide bonds. The Labute approximate surface area is 132 Å². The quantitative estimate of drug-likeness (QED) is 0.854. The van der Waals surface area contributed by atoms with E-state index in [0.717, 1.165) is 35.7 Å². The first-order valence-electron chi connectivity index (χ1n) is 7.47. The van der Waals surface area contributed by atoms with Gasteiger partial charge in [0.05, 0.1) is 12.0 Å². The highest BCUT2D eigenvalue weighted by molar-refractivity contribution is 9.10. The van der Waals surface area contributed by atoms with Crippen molar-refractivity contribution in [2.45, 2.75) is 50.5 Å². The fourth-order valence-electron chi connectivity index (χ4n) is 2.85. The van der Waals surface area contributed by atoms with Gasteiger partial charge in [-0.25, -0.2) is 0 Å². The molecule has 0 radical (unpaired) electrons. The van der Waals surface area contributed by atoms with E-state index < -0.39 is 0 Å². The molecule has 2 aromatic rings. The minimum atomic E-state index is -0.353. The van der Waals surface area contributed by atoms with Crippen LogP contribution < -0.4 is 0 Å². The molecule has 1 aromatic heterocycles. The largest absolute Gasteiger partial charge is 0.392 e. The fraction of sp³-hybridized carbons (Fsp3) is 0.500. The molecule has 2 atom stereocenters. The van der Waals surface area contributed by atoms with Crippen LogP contribution in [0.4, 0.5) is 0 Å². The van der Waals surface area contributed by atoms with Crippen molar-refractivity contribution >= 4 is 15.9 Å². The molecule has 3 rings (SSSR count). The third kappa shape index (κ3) is 3.71. The van der Waals surface area contributed by atoms with Crippen molar-refractivity contribution in [2.24, 2.45) is 0 Å². The lowest BCUT2D eigenvalue weighted by Gasteiger charge is -2.15. The van der Waals surface area contributed by atoms with E-state index in [-0.39, 0.29) is 12.0 Å². The molecule has 1 aromatic carbocycles. The third-order valence-corrected chi connectivity index (χ3v) is 4.58. The Morgan fingerprint density at radius 3 is 2.71 bits per heavy atom. The summed E-state index contributed by atoms with van der Waals surface area (Å²) in [7, 11) is 0. The van der Waals surface area contributed by atoms with Crippen molar-refractivity contribution in [1.82, 2.24) is 10.1 Å². The Hall–Kier alpha value is -1.20. The molecule has 1 aliphatic carbocycles. The molecule has 5 heteroatoms. The van der Waals surface area contributed by atoms with E-state index in [9.17, 15) is 5.11 Å². The minimum absolute atomic E-state index is 0.00123. The first-order valence-corrected chi connectivity index (χ1v) is 8.26. The molecule has 112 valence electrons. The topological polar surface area (TPSA) is 59.2 Å². The predicted molar refractivity (Wildman–Crippen MR) is 83.1 cm³/mol. The number of hydrogen-bond acceptors (Lipinski definition) is 4. The summed E-state index contributed by atoms with van der Waals surface area (Å²) in [5.41, 5.74) is 1.15. The van der Waals surface area contributed by atoms with Gasteiger partial charge in [-0.2, -0.15) is 4.98 Å². The van der Waals surface area contributed by atoms with E-state index in [0.29, 0.717) is 18.1 Å². The van der Waals surface area contributed by atoms with E-state index in [2.05, 4.69) is 26.1 Å².